The molecule has 0 spiro atoms. The lowest BCUT2D eigenvalue weighted by Crippen LogP contribution is -2.40. The number of nitrogens with one attached hydrogen (secondary N) is 1. The molecular weight excluding hydrogens is 270 g/mol. The van der Waals surface area contributed by atoms with Gasteiger partial charge in [-0.2, -0.15) is 0 Å². The molecule has 0 bridgehead atoms. The zero-order valence-corrected chi connectivity index (χ0v) is 13.1. The Morgan fingerprint density at radius 2 is 1.95 bits per heavy atom. The van der Waals surface area contributed by atoms with E-state index in [1.165, 1.54) is 0 Å². The van der Waals surface area contributed by atoms with E-state index in [9.17, 15) is 10.2 Å². The van der Waals surface area contributed by atoms with E-state index in [0.717, 1.165) is 12.2 Å². The zero-order valence-electron chi connectivity index (χ0n) is 13.1. The van der Waals surface area contributed by atoms with E-state index in [4.69, 9.17) is 9.47 Å². The van der Waals surface area contributed by atoms with Gasteiger partial charge in [-0.1, -0.05) is 19.9 Å². The average molecular weight is 297 g/mol. The van der Waals surface area contributed by atoms with Gasteiger partial charge < -0.3 is 25.0 Å². The fraction of sp³-hybridized carbons (Fsp3) is 0.625. The molecule has 0 saturated carbocycles. The van der Waals surface area contributed by atoms with Gasteiger partial charge in [0, 0.05) is 18.7 Å². The van der Waals surface area contributed by atoms with Crippen LogP contribution in [0.3, 0.4) is 0 Å². The molecule has 2 atom stereocenters. The van der Waals surface area contributed by atoms with Gasteiger partial charge in [0.2, 0.25) is 0 Å². The largest absolute Gasteiger partial charge is 0.497 e. The van der Waals surface area contributed by atoms with Crippen LogP contribution in [-0.2, 0) is 0 Å². The first-order valence-electron chi connectivity index (χ1n) is 7.34. The highest BCUT2D eigenvalue weighted by atomic mass is 16.5. The molecule has 1 aromatic carbocycles. The molecule has 5 nitrogen and oxygen atoms in total. The number of hydrogen-bond acceptors (Lipinski definition) is 5. The van der Waals surface area contributed by atoms with Crippen LogP contribution in [0.25, 0.3) is 0 Å². The molecule has 0 heterocycles. The van der Waals surface area contributed by atoms with Crippen LogP contribution >= 0.6 is 0 Å². The lowest BCUT2D eigenvalue weighted by Gasteiger charge is -2.20. The van der Waals surface area contributed by atoms with Crippen molar-refractivity contribution in [3.63, 3.8) is 0 Å². The zero-order chi connectivity index (χ0) is 15.7. The molecule has 1 aromatic rings. The predicted molar refractivity (Wildman–Crippen MR) is 82.8 cm³/mol. The molecule has 0 aliphatic carbocycles. The normalized spacial score (nSPS) is 14.0. The van der Waals surface area contributed by atoms with E-state index < -0.39 is 6.10 Å². The summed E-state index contributed by atoms with van der Waals surface area (Å²) in [7, 11) is 1.60. The molecule has 2 unspecified atom stereocenters. The molecule has 0 aliphatic heterocycles. The Bertz CT molecular complexity index is 398. The predicted octanol–water partition coefficient (Wildman–Crippen LogP) is 1.43. The number of benzene rings is 1. The van der Waals surface area contributed by atoms with Crippen molar-refractivity contribution >= 4 is 0 Å². The van der Waals surface area contributed by atoms with Crippen LogP contribution in [0.1, 0.15) is 20.3 Å². The summed E-state index contributed by atoms with van der Waals surface area (Å²) in [5.41, 5.74) is 0. The lowest BCUT2D eigenvalue weighted by molar-refractivity contribution is 0.0980. The van der Waals surface area contributed by atoms with Crippen molar-refractivity contribution in [1.82, 2.24) is 5.32 Å². The van der Waals surface area contributed by atoms with E-state index in [2.05, 4.69) is 19.2 Å². The fourth-order valence-corrected chi connectivity index (χ4v) is 2.04. The van der Waals surface area contributed by atoms with Crippen molar-refractivity contribution < 1.29 is 19.7 Å². The number of ether oxygens (including phenoxy) is 2. The summed E-state index contributed by atoms with van der Waals surface area (Å²) in [5.74, 6) is 1.88. The van der Waals surface area contributed by atoms with Crippen molar-refractivity contribution in [2.45, 2.75) is 32.4 Å². The summed E-state index contributed by atoms with van der Waals surface area (Å²) >= 11 is 0. The van der Waals surface area contributed by atoms with Crippen LogP contribution in [0, 0.1) is 5.92 Å². The summed E-state index contributed by atoms with van der Waals surface area (Å²) in [4.78, 5) is 0. The third kappa shape index (κ3) is 7.32. The number of rotatable bonds is 10. The Labute approximate surface area is 126 Å². The van der Waals surface area contributed by atoms with E-state index >= 15 is 0 Å². The van der Waals surface area contributed by atoms with Crippen molar-refractivity contribution in [2.75, 3.05) is 26.9 Å². The molecule has 5 heteroatoms. The molecule has 21 heavy (non-hydrogen) atoms. The summed E-state index contributed by atoms with van der Waals surface area (Å²) in [6.45, 7) is 4.86. The molecule has 0 saturated heterocycles. The SMILES string of the molecule is COc1cccc(OCC(O)CNC(CO)CC(C)C)c1. The number of aliphatic hydroxyl groups is 2. The van der Waals surface area contributed by atoms with Crippen LogP contribution < -0.4 is 14.8 Å². The van der Waals surface area contributed by atoms with Crippen molar-refractivity contribution in [2.24, 2.45) is 5.92 Å². The van der Waals surface area contributed by atoms with Gasteiger partial charge in [0.25, 0.3) is 0 Å². The monoisotopic (exact) mass is 297 g/mol. The van der Waals surface area contributed by atoms with E-state index in [0.29, 0.717) is 18.2 Å². The molecule has 1 rings (SSSR count). The van der Waals surface area contributed by atoms with Gasteiger partial charge in [0.1, 0.15) is 24.2 Å². The van der Waals surface area contributed by atoms with Gasteiger partial charge in [-0.15, -0.1) is 0 Å². The number of aliphatic hydroxyl groups excluding tert-OH is 2. The van der Waals surface area contributed by atoms with E-state index in [1.54, 1.807) is 13.2 Å². The molecule has 120 valence electrons. The summed E-state index contributed by atoms with van der Waals surface area (Å²) in [6, 6.07) is 7.27. The maximum absolute atomic E-state index is 9.92. The molecule has 0 amide bonds. The maximum atomic E-state index is 9.92. The second kappa shape index (κ2) is 9.60. The highest BCUT2D eigenvalue weighted by molar-refractivity contribution is 5.32. The van der Waals surface area contributed by atoms with Crippen LogP contribution in [0.2, 0.25) is 0 Å². The quantitative estimate of drug-likeness (QED) is 0.609. The maximum Gasteiger partial charge on any atom is 0.123 e. The van der Waals surface area contributed by atoms with Gasteiger partial charge in [0.05, 0.1) is 13.7 Å². The molecule has 0 fully saturated rings. The van der Waals surface area contributed by atoms with Crippen LogP contribution in [-0.4, -0.2) is 49.2 Å². The lowest BCUT2D eigenvalue weighted by atomic mass is 10.0. The van der Waals surface area contributed by atoms with Gasteiger partial charge in [-0.3, -0.25) is 0 Å². The average Bonchev–Trinajstić information content (AvgIpc) is 2.49. The molecule has 0 radical (unpaired) electrons. The van der Waals surface area contributed by atoms with Gasteiger partial charge in [-0.05, 0) is 24.5 Å². The van der Waals surface area contributed by atoms with Crippen LogP contribution in [0.5, 0.6) is 11.5 Å². The van der Waals surface area contributed by atoms with Crippen molar-refractivity contribution in [1.29, 1.82) is 0 Å². The van der Waals surface area contributed by atoms with Crippen molar-refractivity contribution in [3.8, 4) is 11.5 Å². The third-order valence-electron chi connectivity index (χ3n) is 3.10. The minimum Gasteiger partial charge on any atom is -0.497 e. The highest BCUT2D eigenvalue weighted by Crippen LogP contribution is 2.18. The standard InChI is InChI=1S/C16H27NO4/c1-12(2)7-13(10-18)17-9-14(19)11-21-16-6-4-5-15(8-16)20-3/h4-6,8,12-14,17-19H,7,9-11H2,1-3H3. The molecular formula is C16H27NO4. The fourth-order valence-electron chi connectivity index (χ4n) is 2.04. The third-order valence-corrected chi connectivity index (χ3v) is 3.10. The van der Waals surface area contributed by atoms with E-state index in [1.807, 2.05) is 18.2 Å². The first kappa shape index (κ1) is 17.8. The van der Waals surface area contributed by atoms with Crippen molar-refractivity contribution in [3.05, 3.63) is 24.3 Å². The highest BCUT2D eigenvalue weighted by Gasteiger charge is 2.12. The smallest absolute Gasteiger partial charge is 0.123 e. The second-order valence-corrected chi connectivity index (χ2v) is 5.56. The minimum absolute atomic E-state index is 0.0106. The van der Waals surface area contributed by atoms with Gasteiger partial charge >= 0.3 is 0 Å². The Balaban J connectivity index is 2.31. The molecule has 3 N–H and O–H groups in total. The summed E-state index contributed by atoms with van der Waals surface area (Å²) in [6.07, 6.45) is 0.248. The second-order valence-electron chi connectivity index (χ2n) is 5.56. The topological polar surface area (TPSA) is 71.0 Å². The Kier molecular flexibility index (Phi) is 8.12. The Hall–Kier alpha value is -1.30. The summed E-state index contributed by atoms with van der Waals surface area (Å²) < 4.78 is 10.6. The molecule has 0 aromatic heterocycles. The number of methoxy groups -OCH3 is 1. The first-order chi connectivity index (χ1) is 10.0. The van der Waals surface area contributed by atoms with Gasteiger partial charge in [0.15, 0.2) is 0 Å². The molecule has 0 aliphatic rings. The Morgan fingerprint density at radius 1 is 1.24 bits per heavy atom. The summed E-state index contributed by atoms with van der Waals surface area (Å²) in [5, 5.41) is 22.3. The van der Waals surface area contributed by atoms with Crippen LogP contribution in [0.15, 0.2) is 24.3 Å². The first-order valence-corrected chi connectivity index (χ1v) is 7.34. The van der Waals surface area contributed by atoms with Crippen LogP contribution in [0.4, 0.5) is 0 Å². The number of hydrogen-bond donors (Lipinski definition) is 3. The van der Waals surface area contributed by atoms with Gasteiger partial charge in [-0.25, -0.2) is 0 Å². The Morgan fingerprint density at radius 3 is 2.57 bits per heavy atom. The minimum atomic E-state index is -0.627. The van der Waals surface area contributed by atoms with E-state index in [-0.39, 0.29) is 19.3 Å².